The molecule has 1 aromatic carbocycles. The van der Waals surface area contributed by atoms with Gasteiger partial charge in [0.15, 0.2) is 5.96 Å². The maximum Gasteiger partial charge on any atom is 0.191 e. The van der Waals surface area contributed by atoms with E-state index in [4.69, 9.17) is 0 Å². The minimum Gasteiger partial charge on any atom is -0.355 e. The predicted octanol–water partition coefficient (Wildman–Crippen LogP) is 2.73. The predicted molar refractivity (Wildman–Crippen MR) is 107 cm³/mol. The van der Waals surface area contributed by atoms with E-state index >= 15 is 0 Å². The lowest BCUT2D eigenvalue weighted by Crippen LogP contribution is -2.38. The van der Waals surface area contributed by atoms with Gasteiger partial charge in [-0.25, -0.2) is 4.39 Å². The molecule has 0 saturated carbocycles. The van der Waals surface area contributed by atoms with E-state index in [-0.39, 0.29) is 29.8 Å². The van der Waals surface area contributed by atoms with Gasteiger partial charge in [-0.3, -0.25) is 4.99 Å². The van der Waals surface area contributed by atoms with Gasteiger partial charge in [0.1, 0.15) is 18.0 Å². The number of guanidine groups is 1. The van der Waals surface area contributed by atoms with Crippen molar-refractivity contribution in [3.05, 3.63) is 46.2 Å². The van der Waals surface area contributed by atoms with Gasteiger partial charge in [-0.1, -0.05) is 22.9 Å². The maximum absolute atomic E-state index is 13.7. The maximum atomic E-state index is 13.7. The molecule has 0 spiro atoms. The quantitative estimate of drug-likeness (QED) is 0.356. The Kier molecular flexibility index (Phi) is 9.19. The monoisotopic (exact) mass is 510 g/mol. The third-order valence-electron chi connectivity index (χ3n) is 3.33. The van der Waals surface area contributed by atoms with Crippen LogP contribution in [0.5, 0.6) is 0 Å². The van der Waals surface area contributed by atoms with Gasteiger partial charge in [-0.15, -0.1) is 34.2 Å². The van der Waals surface area contributed by atoms with Crippen molar-refractivity contribution in [3.63, 3.8) is 0 Å². The molecule has 2 aromatic rings. The number of halogens is 3. The van der Waals surface area contributed by atoms with Crippen LogP contribution < -0.4 is 10.6 Å². The molecular weight excluding hydrogens is 490 g/mol. The average molecular weight is 511 g/mol. The van der Waals surface area contributed by atoms with E-state index in [1.165, 1.54) is 6.07 Å². The Bertz CT molecular complexity index is 676. The number of benzene rings is 1. The van der Waals surface area contributed by atoms with Crippen molar-refractivity contribution < 1.29 is 4.39 Å². The van der Waals surface area contributed by atoms with Crippen LogP contribution >= 0.6 is 39.9 Å². The Morgan fingerprint density at radius 3 is 2.88 bits per heavy atom. The van der Waals surface area contributed by atoms with Crippen LogP contribution in [0.2, 0.25) is 0 Å². The highest BCUT2D eigenvalue weighted by molar-refractivity contribution is 14.0. The zero-order valence-electron chi connectivity index (χ0n) is 13.6. The fourth-order valence-corrected chi connectivity index (χ4v) is 2.52. The zero-order valence-corrected chi connectivity index (χ0v) is 17.5. The highest BCUT2D eigenvalue weighted by Crippen LogP contribution is 2.15. The van der Waals surface area contributed by atoms with Gasteiger partial charge < -0.3 is 15.2 Å². The second-order valence-corrected chi connectivity index (χ2v) is 5.80. The molecule has 2 N–H and O–H groups in total. The molecule has 1 aromatic heterocycles. The van der Waals surface area contributed by atoms with Crippen molar-refractivity contribution in [1.29, 1.82) is 0 Å². The smallest absolute Gasteiger partial charge is 0.191 e. The highest BCUT2D eigenvalue weighted by Gasteiger charge is 2.05. The van der Waals surface area contributed by atoms with Gasteiger partial charge in [-0.05, 0) is 18.2 Å². The van der Waals surface area contributed by atoms with E-state index in [9.17, 15) is 4.39 Å². The Morgan fingerprint density at radius 1 is 1.38 bits per heavy atom. The molecule has 1 heterocycles. The number of hydrogen-bond donors (Lipinski definition) is 2. The molecule has 0 aliphatic carbocycles. The van der Waals surface area contributed by atoms with Crippen LogP contribution in [0, 0.1) is 5.82 Å². The van der Waals surface area contributed by atoms with E-state index < -0.39 is 0 Å². The normalized spacial score (nSPS) is 11.1. The first-order chi connectivity index (χ1) is 11.1. The lowest BCUT2D eigenvalue weighted by Gasteiger charge is -2.13. The van der Waals surface area contributed by atoms with Gasteiger partial charge in [0.25, 0.3) is 0 Å². The van der Waals surface area contributed by atoms with E-state index in [1.54, 1.807) is 25.5 Å². The summed E-state index contributed by atoms with van der Waals surface area (Å²) in [6.45, 7) is 3.81. The molecule has 0 saturated heterocycles. The second-order valence-electron chi connectivity index (χ2n) is 4.88. The van der Waals surface area contributed by atoms with Crippen LogP contribution in [0.15, 0.2) is 34.0 Å². The van der Waals surface area contributed by atoms with Crippen LogP contribution in [-0.4, -0.2) is 34.3 Å². The van der Waals surface area contributed by atoms with Crippen molar-refractivity contribution in [2.45, 2.75) is 26.4 Å². The number of rotatable bonds is 6. The molecule has 6 nitrogen and oxygen atoms in total. The molecule has 132 valence electrons. The molecule has 9 heteroatoms. The Balaban J connectivity index is 0.00000288. The summed E-state index contributed by atoms with van der Waals surface area (Å²) >= 11 is 3.34. The van der Waals surface area contributed by atoms with Gasteiger partial charge in [-0.2, -0.15) is 0 Å². The highest BCUT2D eigenvalue weighted by atomic mass is 127. The zero-order chi connectivity index (χ0) is 16.7. The SMILES string of the molecule is CCc1nncn1CCNC(=NC)NCc1cc(Br)ccc1F.I. The molecule has 0 fully saturated rings. The van der Waals surface area contributed by atoms with Crippen LogP contribution in [0.4, 0.5) is 4.39 Å². The van der Waals surface area contributed by atoms with E-state index in [1.807, 2.05) is 11.5 Å². The lowest BCUT2D eigenvalue weighted by molar-refractivity contribution is 0.601. The van der Waals surface area contributed by atoms with Crippen LogP contribution in [-0.2, 0) is 19.5 Å². The average Bonchev–Trinajstić information content (AvgIpc) is 3.01. The number of aliphatic imine (C=N–C) groups is 1. The molecule has 0 bridgehead atoms. The Hall–Kier alpha value is -1.23. The third kappa shape index (κ3) is 6.00. The first-order valence-electron chi connectivity index (χ1n) is 7.39. The first kappa shape index (κ1) is 20.8. The molecular formula is C15H21BrFIN6. The fourth-order valence-electron chi connectivity index (χ4n) is 2.11. The summed E-state index contributed by atoms with van der Waals surface area (Å²) in [4.78, 5) is 4.14. The first-order valence-corrected chi connectivity index (χ1v) is 8.18. The summed E-state index contributed by atoms with van der Waals surface area (Å²) in [5.41, 5.74) is 0.578. The van der Waals surface area contributed by atoms with Gasteiger partial charge in [0, 0.05) is 43.1 Å². The van der Waals surface area contributed by atoms with Crippen molar-refractivity contribution in [2.75, 3.05) is 13.6 Å². The Labute approximate surface area is 166 Å². The number of nitrogens with zero attached hydrogens (tertiary/aromatic N) is 4. The minimum atomic E-state index is -0.242. The molecule has 0 aliphatic heterocycles. The molecule has 24 heavy (non-hydrogen) atoms. The number of aromatic nitrogens is 3. The van der Waals surface area contributed by atoms with Crippen LogP contribution in [0.25, 0.3) is 0 Å². The fraction of sp³-hybridized carbons (Fsp3) is 0.400. The topological polar surface area (TPSA) is 67.1 Å². The molecule has 0 amide bonds. The summed E-state index contributed by atoms with van der Waals surface area (Å²) in [6, 6.07) is 4.87. The van der Waals surface area contributed by atoms with Gasteiger partial charge >= 0.3 is 0 Å². The van der Waals surface area contributed by atoms with E-state index in [2.05, 4.69) is 41.8 Å². The van der Waals surface area contributed by atoms with Crippen LogP contribution in [0.1, 0.15) is 18.3 Å². The lowest BCUT2D eigenvalue weighted by atomic mass is 10.2. The van der Waals surface area contributed by atoms with Crippen molar-refractivity contribution in [3.8, 4) is 0 Å². The van der Waals surface area contributed by atoms with Crippen molar-refractivity contribution >= 4 is 45.9 Å². The summed E-state index contributed by atoms with van der Waals surface area (Å²) in [7, 11) is 1.68. The molecule has 0 aliphatic rings. The van der Waals surface area contributed by atoms with E-state index in [0.717, 1.165) is 23.3 Å². The molecule has 0 radical (unpaired) electrons. The second kappa shape index (κ2) is 10.6. The van der Waals surface area contributed by atoms with Crippen molar-refractivity contribution in [1.82, 2.24) is 25.4 Å². The van der Waals surface area contributed by atoms with E-state index in [0.29, 0.717) is 24.6 Å². The van der Waals surface area contributed by atoms with Gasteiger partial charge in [0.2, 0.25) is 0 Å². The largest absolute Gasteiger partial charge is 0.355 e. The third-order valence-corrected chi connectivity index (χ3v) is 3.83. The molecule has 2 rings (SSSR count). The molecule has 0 atom stereocenters. The Morgan fingerprint density at radius 2 is 2.17 bits per heavy atom. The molecule has 0 unspecified atom stereocenters. The minimum absolute atomic E-state index is 0. The van der Waals surface area contributed by atoms with Crippen LogP contribution in [0.3, 0.4) is 0 Å². The number of hydrogen-bond acceptors (Lipinski definition) is 3. The van der Waals surface area contributed by atoms with Crippen molar-refractivity contribution in [2.24, 2.45) is 4.99 Å². The number of aryl methyl sites for hydroxylation is 1. The standard InChI is InChI=1S/C15H20BrFN6.HI/c1-3-14-22-21-10-23(14)7-6-19-15(18-2)20-9-11-8-12(16)4-5-13(11)17;/h4-5,8,10H,3,6-7,9H2,1-2H3,(H2,18,19,20);1H. The van der Waals surface area contributed by atoms with Gasteiger partial charge in [0.05, 0.1) is 0 Å². The summed E-state index contributed by atoms with van der Waals surface area (Å²) in [5.74, 6) is 1.33. The summed E-state index contributed by atoms with van der Waals surface area (Å²) in [6.07, 6.45) is 2.56. The summed E-state index contributed by atoms with van der Waals surface area (Å²) < 4.78 is 16.5. The summed E-state index contributed by atoms with van der Waals surface area (Å²) in [5, 5.41) is 14.2. The number of nitrogens with one attached hydrogen (secondary N) is 2.